The van der Waals surface area contributed by atoms with Gasteiger partial charge in [0, 0.05) is 0 Å². The normalized spacial score (nSPS) is 6.35. The molecular formula is C7H2N8O6Si2. The average Bonchev–Trinajstić information content (AvgIpc) is 2.50. The van der Waals surface area contributed by atoms with E-state index in [0.29, 0.717) is 0 Å². The van der Waals surface area contributed by atoms with Crippen LogP contribution in [0, 0.1) is 10.8 Å². The van der Waals surface area contributed by atoms with Gasteiger partial charge in [0.15, 0.2) is 0 Å². The lowest BCUT2D eigenvalue weighted by atomic mass is 11.6. The summed E-state index contributed by atoms with van der Waals surface area (Å²) in [5.41, 5.74) is 0. The molecule has 0 bridgehead atoms. The molecule has 0 aliphatic rings. The first-order valence-electron chi connectivity index (χ1n) is 4.41. The molecule has 0 aliphatic heterocycles. The predicted molar refractivity (Wildman–Crippen MR) is 70.7 cm³/mol. The van der Waals surface area contributed by atoms with Crippen molar-refractivity contribution < 1.29 is 28.8 Å². The molecule has 0 aromatic carbocycles. The van der Waals surface area contributed by atoms with Gasteiger partial charge in [-0.3, -0.25) is 0 Å². The van der Waals surface area contributed by atoms with Gasteiger partial charge in [0.1, 0.15) is 0 Å². The van der Waals surface area contributed by atoms with E-state index in [1.807, 2.05) is 0 Å². The van der Waals surface area contributed by atoms with Crippen LogP contribution >= 0.6 is 0 Å². The molecule has 0 atom stereocenters. The van der Waals surface area contributed by atoms with Gasteiger partial charge < -0.3 is 0 Å². The van der Waals surface area contributed by atoms with Gasteiger partial charge >= 0.3 is 18.6 Å². The topological polar surface area (TPSA) is 224 Å². The molecular weight excluding hydrogens is 348 g/mol. The van der Waals surface area contributed by atoms with Crippen molar-refractivity contribution in [3.63, 3.8) is 0 Å². The van der Waals surface area contributed by atoms with Gasteiger partial charge in [-0.05, 0) is 0 Å². The van der Waals surface area contributed by atoms with E-state index in [2.05, 4.69) is 27.9 Å². The van der Waals surface area contributed by atoms with Crippen molar-refractivity contribution in [3.05, 3.63) is 0 Å². The number of isocyanates is 6. The Morgan fingerprint density at radius 1 is 0.522 bits per heavy atom. The molecule has 0 fully saturated rings. The molecule has 2 radical (unpaired) electrons. The van der Waals surface area contributed by atoms with E-state index >= 15 is 0 Å². The molecule has 16 heteroatoms. The van der Waals surface area contributed by atoms with E-state index < -0.39 is 18.6 Å². The van der Waals surface area contributed by atoms with Crippen LogP contribution in [0.3, 0.4) is 0 Å². The van der Waals surface area contributed by atoms with E-state index in [-0.39, 0.29) is 0 Å². The first-order valence-corrected chi connectivity index (χ1v) is 7.09. The molecule has 0 aromatic heterocycles. The van der Waals surface area contributed by atoms with Crippen molar-refractivity contribution in [2.75, 3.05) is 0 Å². The van der Waals surface area contributed by atoms with Gasteiger partial charge in [0.05, 0.1) is 6.01 Å². The molecule has 23 heavy (non-hydrogen) atoms. The summed E-state index contributed by atoms with van der Waals surface area (Å²) in [6.45, 7) is 0. The highest BCUT2D eigenvalue weighted by Gasteiger charge is 2.07. The fraction of sp³-hybridized carbons (Fsp3) is 0. The maximum Gasteiger partial charge on any atom is 0.527 e. The lowest BCUT2D eigenvalue weighted by Gasteiger charge is -1.79. The van der Waals surface area contributed by atoms with Gasteiger partial charge in [-0.15, -0.1) is 0 Å². The van der Waals surface area contributed by atoms with E-state index in [1.165, 1.54) is 12.2 Å². The summed E-state index contributed by atoms with van der Waals surface area (Å²) >= 11 is 0. The molecule has 0 saturated heterocycles. The van der Waals surface area contributed by atoms with E-state index in [4.69, 9.17) is 15.6 Å². The first-order chi connectivity index (χ1) is 11.1. The molecule has 0 rings (SSSR count). The fourth-order valence-corrected chi connectivity index (χ4v) is 1.21. The SMILES string of the molecule is N=C=N[Si](N=C=O)N=C=O.N=C=O.O=C=N[Si](N=C=O)N=C=O. The quantitative estimate of drug-likeness (QED) is 0.321. The Hall–Kier alpha value is -3.91. The number of carbonyl (C=O) groups excluding carboxylic acids is 6. The third-order valence-electron chi connectivity index (χ3n) is 0.884. The van der Waals surface area contributed by atoms with Crippen molar-refractivity contribution in [2.24, 2.45) is 27.9 Å². The van der Waals surface area contributed by atoms with Gasteiger partial charge in [-0.25, -0.2) is 44.2 Å². The highest BCUT2D eigenvalue weighted by molar-refractivity contribution is 6.55. The largest absolute Gasteiger partial charge is 0.527 e. The zero-order valence-electron chi connectivity index (χ0n) is 10.6. The Kier molecular flexibility index (Phi) is 24.4. The van der Waals surface area contributed by atoms with Gasteiger partial charge in [-0.1, -0.05) is 0 Å². The summed E-state index contributed by atoms with van der Waals surface area (Å²) in [6, 6.07) is 1.61. The Morgan fingerprint density at radius 3 is 0.913 bits per heavy atom. The third-order valence-corrected chi connectivity index (χ3v) is 2.65. The summed E-state index contributed by atoms with van der Waals surface area (Å²) in [6.07, 6.45) is 6.42. The maximum atomic E-state index is 9.56. The van der Waals surface area contributed by atoms with Gasteiger partial charge in [0.2, 0.25) is 36.5 Å². The molecule has 0 aliphatic carbocycles. The monoisotopic (exact) mass is 350 g/mol. The van der Waals surface area contributed by atoms with E-state index in [9.17, 15) is 24.0 Å². The summed E-state index contributed by atoms with van der Waals surface area (Å²) in [7, 11) is -4.46. The second-order valence-corrected chi connectivity index (χ2v) is 4.48. The minimum Gasteiger partial charge on any atom is -0.242 e. The number of nitrogens with one attached hydrogen (secondary N) is 2. The van der Waals surface area contributed by atoms with Crippen LogP contribution < -0.4 is 0 Å². The van der Waals surface area contributed by atoms with Crippen molar-refractivity contribution in [1.82, 2.24) is 0 Å². The molecule has 0 unspecified atom stereocenters. The fourth-order valence-electron chi connectivity index (χ4n) is 0.404. The number of hydrogen-bond acceptors (Lipinski definition) is 14. The minimum absolute atomic E-state index is 0.750. The van der Waals surface area contributed by atoms with Crippen molar-refractivity contribution in [1.29, 1.82) is 10.8 Å². The van der Waals surface area contributed by atoms with Gasteiger partial charge in [-0.2, -0.15) is 23.3 Å². The van der Waals surface area contributed by atoms with Crippen LogP contribution in [-0.2, 0) is 28.8 Å². The second-order valence-electron chi connectivity index (χ2n) is 1.94. The van der Waals surface area contributed by atoms with Crippen LogP contribution in [0.5, 0.6) is 0 Å². The van der Waals surface area contributed by atoms with Crippen molar-refractivity contribution >= 4 is 61.1 Å². The summed E-state index contributed by atoms with van der Waals surface area (Å²) in [5.74, 6) is 0. The number of nitrogens with zero attached hydrogens (tertiary/aromatic N) is 6. The van der Waals surface area contributed by atoms with Gasteiger partial charge in [0.25, 0.3) is 0 Å². The molecule has 2 N–H and O–H groups in total. The molecule has 0 amide bonds. The predicted octanol–water partition coefficient (Wildman–Crippen LogP) is -1.72. The zero-order chi connectivity index (χ0) is 18.3. The Bertz CT molecular complexity index is 542. The van der Waals surface area contributed by atoms with Crippen LogP contribution in [0.25, 0.3) is 0 Å². The third kappa shape index (κ3) is 23.6. The molecule has 14 nitrogen and oxygen atoms in total. The summed E-state index contributed by atoms with van der Waals surface area (Å²) in [5, 5.41) is 11.7. The maximum absolute atomic E-state index is 9.56. The van der Waals surface area contributed by atoms with Crippen LogP contribution in [0.1, 0.15) is 0 Å². The highest BCUT2D eigenvalue weighted by Crippen LogP contribution is 1.83. The molecule has 0 saturated carbocycles. The number of rotatable bonds is 6. The molecule has 114 valence electrons. The number of hydrogen-bond donors (Lipinski definition) is 2. The van der Waals surface area contributed by atoms with E-state index in [1.54, 1.807) is 6.01 Å². The zero-order valence-corrected chi connectivity index (χ0v) is 12.6. The lowest BCUT2D eigenvalue weighted by molar-refractivity contribution is 0.562. The van der Waals surface area contributed by atoms with E-state index in [0.717, 1.165) is 24.3 Å². The average molecular weight is 350 g/mol. The first kappa shape index (κ1) is 24.1. The highest BCUT2D eigenvalue weighted by atomic mass is 28.3. The summed E-state index contributed by atoms with van der Waals surface area (Å²) < 4.78 is 18.0. The molecule has 0 heterocycles. The molecule has 0 spiro atoms. The second kappa shape index (κ2) is 23.2. The van der Waals surface area contributed by atoms with Crippen molar-refractivity contribution in [2.45, 2.75) is 0 Å². The lowest BCUT2D eigenvalue weighted by Crippen LogP contribution is -2.00. The standard InChI is InChI=1S/C3HN4O2Si.C3N3O3Si.CHNO/c4-1-5-10(6-2-8)7-3-9;7-1-4-10(5-2-8)6-3-9;2-1-3/h4H;;2H. The van der Waals surface area contributed by atoms with Crippen LogP contribution in [0.15, 0.2) is 27.9 Å². The Balaban J connectivity index is -0.000000297. The van der Waals surface area contributed by atoms with Crippen LogP contribution in [0.4, 0.5) is 0 Å². The van der Waals surface area contributed by atoms with Crippen LogP contribution in [-0.4, -0.2) is 61.1 Å². The van der Waals surface area contributed by atoms with Crippen molar-refractivity contribution in [3.8, 4) is 0 Å². The van der Waals surface area contributed by atoms with Crippen LogP contribution in [0.2, 0.25) is 0 Å². The Morgan fingerprint density at radius 2 is 0.739 bits per heavy atom. The smallest absolute Gasteiger partial charge is 0.242 e. The molecule has 0 aromatic rings. The summed E-state index contributed by atoms with van der Waals surface area (Å²) in [4.78, 5) is 56.0. The minimum atomic E-state index is -2.29. The Labute approximate surface area is 129 Å².